The van der Waals surface area contributed by atoms with Crippen molar-refractivity contribution in [2.24, 2.45) is 13.0 Å². The third-order valence-corrected chi connectivity index (χ3v) is 6.94. The predicted molar refractivity (Wildman–Crippen MR) is 141 cm³/mol. The molecule has 0 radical (unpaired) electrons. The Balaban J connectivity index is 1.22. The minimum Gasteiger partial charge on any atom is -0.352 e. The molecule has 0 atom stereocenters. The average Bonchev–Trinajstić information content (AvgIpc) is 3.18. The highest BCUT2D eigenvalue weighted by Crippen LogP contribution is 2.26. The molecule has 0 spiro atoms. The number of rotatable bonds is 6. The van der Waals surface area contributed by atoms with Crippen molar-refractivity contribution in [1.29, 1.82) is 0 Å². The van der Waals surface area contributed by atoms with E-state index in [1.54, 1.807) is 0 Å². The van der Waals surface area contributed by atoms with E-state index < -0.39 is 0 Å². The summed E-state index contributed by atoms with van der Waals surface area (Å²) in [6, 6.07) is 14.3. The van der Waals surface area contributed by atoms with E-state index in [1.807, 2.05) is 39.0 Å². The van der Waals surface area contributed by atoms with E-state index in [2.05, 4.69) is 61.2 Å². The molecule has 182 valence electrons. The minimum absolute atomic E-state index is 0.0178. The van der Waals surface area contributed by atoms with E-state index in [1.165, 1.54) is 10.8 Å². The Labute approximate surface area is 206 Å². The molecule has 5 rings (SSSR count). The Morgan fingerprint density at radius 3 is 2.51 bits per heavy atom. The number of aromatic nitrogens is 4. The number of imidazole rings is 1. The first-order valence-electron chi connectivity index (χ1n) is 12.4. The summed E-state index contributed by atoms with van der Waals surface area (Å²) in [4.78, 5) is 21.8. The Kier molecular flexibility index (Phi) is 6.38. The van der Waals surface area contributed by atoms with Gasteiger partial charge in [0.1, 0.15) is 5.82 Å². The van der Waals surface area contributed by atoms with Crippen LogP contribution in [0.5, 0.6) is 0 Å². The second kappa shape index (κ2) is 9.62. The number of carbonyl (C=O) groups excluding carboxylic acids is 1. The summed E-state index contributed by atoms with van der Waals surface area (Å²) in [5, 5.41) is 14.3. The summed E-state index contributed by atoms with van der Waals surface area (Å²) in [5.41, 5.74) is 3.76. The lowest BCUT2D eigenvalue weighted by atomic mass is 10.1. The number of nitrogens with one attached hydrogen (secondary N) is 1. The lowest BCUT2D eigenvalue weighted by Crippen LogP contribution is -2.47. The molecule has 0 aliphatic carbocycles. The Hall–Kier alpha value is -3.52. The molecular weight excluding hydrogens is 438 g/mol. The molecule has 8 nitrogen and oxygen atoms in total. The monoisotopic (exact) mass is 471 g/mol. The lowest BCUT2D eigenvalue weighted by molar-refractivity contribution is -0.118. The van der Waals surface area contributed by atoms with Crippen molar-refractivity contribution in [1.82, 2.24) is 24.6 Å². The number of fused-ring (bicyclic) bond motifs is 2. The van der Waals surface area contributed by atoms with Crippen LogP contribution in [-0.4, -0.2) is 63.3 Å². The summed E-state index contributed by atoms with van der Waals surface area (Å²) < 4.78 is 2.16. The molecule has 1 amide bonds. The summed E-state index contributed by atoms with van der Waals surface area (Å²) in [5.74, 6) is 2.01. The van der Waals surface area contributed by atoms with Gasteiger partial charge in [-0.3, -0.25) is 9.69 Å². The zero-order chi connectivity index (χ0) is 24.5. The van der Waals surface area contributed by atoms with Gasteiger partial charge in [0.15, 0.2) is 5.82 Å². The Morgan fingerprint density at radius 1 is 1.03 bits per heavy atom. The van der Waals surface area contributed by atoms with Crippen LogP contribution in [0.4, 0.5) is 11.5 Å². The van der Waals surface area contributed by atoms with Crippen molar-refractivity contribution in [3.63, 3.8) is 0 Å². The Bertz CT molecular complexity index is 1370. The summed E-state index contributed by atoms with van der Waals surface area (Å²) in [6.07, 6.45) is 0.881. The standard InChI is InChI=1S/C27H33N7O/c1-18(2)27(35)28-20-9-10-24-23(17-20)29-25(32(24)4)11-12-33-13-15-34(16-14-33)26-22-8-6-5-7-21(22)19(3)30-31-26/h5-10,17-18H,11-16H2,1-4H3,(H,28,35). The summed E-state index contributed by atoms with van der Waals surface area (Å²) in [7, 11) is 2.07. The van der Waals surface area contributed by atoms with Crippen LogP contribution in [0.15, 0.2) is 42.5 Å². The largest absolute Gasteiger partial charge is 0.352 e. The van der Waals surface area contributed by atoms with Crippen LogP contribution < -0.4 is 10.2 Å². The molecule has 2 aromatic heterocycles. The third-order valence-electron chi connectivity index (χ3n) is 6.94. The first-order valence-corrected chi connectivity index (χ1v) is 12.4. The van der Waals surface area contributed by atoms with Gasteiger partial charge in [-0.2, -0.15) is 5.10 Å². The van der Waals surface area contributed by atoms with Crippen molar-refractivity contribution >= 4 is 39.2 Å². The van der Waals surface area contributed by atoms with Crippen LogP contribution in [0.1, 0.15) is 25.4 Å². The summed E-state index contributed by atoms with van der Waals surface area (Å²) >= 11 is 0. The van der Waals surface area contributed by atoms with Gasteiger partial charge in [-0.25, -0.2) is 4.98 Å². The second-order valence-electron chi connectivity index (χ2n) is 9.67. The number of hydrogen-bond acceptors (Lipinski definition) is 6. The number of hydrogen-bond donors (Lipinski definition) is 1. The molecule has 1 fully saturated rings. The molecule has 2 aromatic carbocycles. The molecule has 4 aromatic rings. The fourth-order valence-electron chi connectivity index (χ4n) is 4.74. The molecule has 1 saturated heterocycles. The van der Waals surface area contributed by atoms with E-state index in [0.717, 1.165) is 73.2 Å². The average molecular weight is 472 g/mol. The highest BCUT2D eigenvalue weighted by Gasteiger charge is 2.21. The maximum absolute atomic E-state index is 12.0. The van der Waals surface area contributed by atoms with Gasteiger partial charge in [0, 0.05) is 68.6 Å². The number of aryl methyl sites for hydroxylation is 2. The molecule has 0 unspecified atom stereocenters. The normalized spacial score (nSPS) is 14.8. The van der Waals surface area contributed by atoms with Crippen LogP contribution in [0, 0.1) is 12.8 Å². The molecule has 8 heteroatoms. The Morgan fingerprint density at radius 2 is 1.77 bits per heavy atom. The predicted octanol–water partition coefficient (Wildman–Crippen LogP) is 3.78. The van der Waals surface area contributed by atoms with E-state index >= 15 is 0 Å². The van der Waals surface area contributed by atoms with Crippen molar-refractivity contribution in [2.75, 3.05) is 42.9 Å². The quantitative estimate of drug-likeness (QED) is 0.461. The van der Waals surface area contributed by atoms with Crippen LogP contribution in [-0.2, 0) is 18.3 Å². The molecule has 0 saturated carbocycles. The van der Waals surface area contributed by atoms with E-state index in [4.69, 9.17) is 4.98 Å². The van der Waals surface area contributed by atoms with Crippen LogP contribution in [0.2, 0.25) is 0 Å². The first-order chi connectivity index (χ1) is 16.9. The van der Waals surface area contributed by atoms with Crippen LogP contribution in [0.3, 0.4) is 0 Å². The van der Waals surface area contributed by atoms with Gasteiger partial charge in [0.25, 0.3) is 0 Å². The van der Waals surface area contributed by atoms with Crippen LogP contribution in [0.25, 0.3) is 21.8 Å². The molecule has 0 bridgehead atoms. The van der Waals surface area contributed by atoms with Gasteiger partial charge in [0.05, 0.1) is 16.7 Å². The van der Waals surface area contributed by atoms with Crippen molar-refractivity contribution in [3.8, 4) is 0 Å². The molecule has 1 aliphatic rings. The zero-order valence-corrected chi connectivity index (χ0v) is 21.0. The van der Waals surface area contributed by atoms with Gasteiger partial charge < -0.3 is 14.8 Å². The molecule has 35 heavy (non-hydrogen) atoms. The zero-order valence-electron chi connectivity index (χ0n) is 21.0. The topological polar surface area (TPSA) is 79.2 Å². The SMILES string of the molecule is Cc1nnc(N2CCN(CCc3nc4cc(NC(=O)C(C)C)ccc4n3C)CC2)c2ccccc12. The number of benzene rings is 2. The van der Waals surface area contributed by atoms with E-state index in [0.29, 0.717) is 0 Å². The molecule has 1 aliphatic heterocycles. The maximum atomic E-state index is 12.0. The highest BCUT2D eigenvalue weighted by atomic mass is 16.1. The first kappa shape index (κ1) is 23.2. The molecule has 1 N–H and O–H groups in total. The summed E-state index contributed by atoms with van der Waals surface area (Å²) in [6.45, 7) is 10.6. The van der Waals surface area contributed by atoms with E-state index in [9.17, 15) is 4.79 Å². The number of piperazine rings is 1. The molecule has 3 heterocycles. The van der Waals surface area contributed by atoms with Gasteiger partial charge >= 0.3 is 0 Å². The number of nitrogens with zero attached hydrogens (tertiary/aromatic N) is 6. The second-order valence-corrected chi connectivity index (χ2v) is 9.67. The van der Waals surface area contributed by atoms with Crippen LogP contribution >= 0.6 is 0 Å². The number of carbonyl (C=O) groups is 1. The van der Waals surface area contributed by atoms with Crippen molar-refractivity contribution in [3.05, 3.63) is 54.0 Å². The number of amides is 1. The van der Waals surface area contributed by atoms with Gasteiger partial charge in [-0.05, 0) is 25.1 Å². The minimum atomic E-state index is -0.0535. The lowest BCUT2D eigenvalue weighted by Gasteiger charge is -2.35. The van der Waals surface area contributed by atoms with Gasteiger partial charge in [0.2, 0.25) is 5.91 Å². The highest BCUT2D eigenvalue weighted by molar-refractivity contribution is 5.94. The smallest absolute Gasteiger partial charge is 0.226 e. The van der Waals surface area contributed by atoms with E-state index in [-0.39, 0.29) is 11.8 Å². The fraction of sp³-hybridized carbons (Fsp3) is 0.407. The van der Waals surface area contributed by atoms with Gasteiger partial charge in [-0.15, -0.1) is 5.10 Å². The third kappa shape index (κ3) is 4.71. The molecular formula is C27H33N7O. The number of anilines is 2. The van der Waals surface area contributed by atoms with Crippen molar-refractivity contribution < 1.29 is 4.79 Å². The van der Waals surface area contributed by atoms with Gasteiger partial charge in [-0.1, -0.05) is 38.1 Å². The maximum Gasteiger partial charge on any atom is 0.226 e. The van der Waals surface area contributed by atoms with Crippen molar-refractivity contribution in [2.45, 2.75) is 27.2 Å². The fourth-order valence-corrected chi connectivity index (χ4v) is 4.74.